The zero-order chi connectivity index (χ0) is 24.1. The molecule has 9 heteroatoms. The molecule has 0 spiro atoms. The molecule has 0 unspecified atom stereocenters. The second-order valence-corrected chi connectivity index (χ2v) is 12.2. The van der Waals surface area contributed by atoms with Crippen LogP contribution in [0, 0.1) is 46.3 Å². The first-order valence-electron chi connectivity index (χ1n) is 13.0. The summed E-state index contributed by atoms with van der Waals surface area (Å²) in [5.74, 6) is 0.265. The van der Waals surface area contributed by atoms with Crippen LogP contribution in [-0.2, 0) is 9.59 Å². The van der Waals surface area contributed by atoms with E-state index in [1.54, 1.807) is 0 Å². The Bertz CT molecular complexity index is 768. The van der Waals surface area contributed by atoms with Gasteiger partial charge in [0.1, 0.15) is 6.54 Å². The van der Waals surface area contributed by atoms with E-state index in [-0.39, 0.29) is 100 Å². The Balaban J connectivity index is 0.00000216. The molecule has 4 aliphatic carbocycles. The molecule has 4 rings (SSSR count). The summed E-state index contributed by atoms with van der Waals surface area (Å²) in [4.78, 5) is 22.7. The SMILES string of the molecule is C[C@H](CCC(=O)NCC(=O)O)[C@H]1CC[C@H]2[C@@H]3[C@H](O)C[C@@H]4C[C@H](O)CC[C@]4(C)[C@H]3C[C@H](O)[C@]12C.O.[Na]. The van der Waals surface area contributed by atoms with Crippen LogP contribution in [0.4, 0.5) is 0 Å². The molecule has 0 aromatic carbocycles. The van der Waals surface area contributed by atoms with Gasteiger partial charge in [-0.05, 0) is 97.7 Å². The summed E-state index contributed by atoms with van der Waals surface area (Å²) in [6.45, 7) is 6.35. The number of nitrogens with one attached hydrogen (secondary N) is 1. The number of carbonyl (C=O) groups excluding carboxylic acids is 1. The van der Waals surface area contributed by atoms with Crippen molar-refractivity contribution in [1.82, 2.24) is 5.32 Å². The average Bonchev–Trinajstić information content (AvgIpc) is 3.11. The molecule has 4 saturated carbocycles. The average molecular weight is 507 g/mol. The van der Waals surface area contributed by atoms with E-state index in [1.807, 2.05) is 0 Å². The fourth-order valence-corrected chi connectivity index (χ4v) is 8.95. The van der Waals surface area contributed by atoms with Crippen LogP contribution in [0.2, 0.25) is 0 Å². The summed E-state index contributed by atoms with van der Waals surface area (Å²) in [6.07, 6.45) is 5.86. The maximum absolute atomic E-state index is 12.0. The van der Waals surface area contributed by atoms with Crippen LogP contribution in [0.15, 0.2) is 0 Å². The number of amides is 1. The number of aliphatic hydroxyl groups is 3. The van der Waals surface area contributed by atoms with Crippen molar-refractivity contribution in [3.05, 3.63) is 0 Å². The minimum absolute atomic E-state index is 0. The van der Waals surface area contributed by atoms with Crippen LogP contribution in [-0.4, -0.2) is 92.2 Å². The first-order valence-corrected chi connectivity index (χ1v) is 13.0. The first kappa shape index (κ1) is 31.0. The van der Waals surface area contributed by atoms with Crippen molar-refractivity contribution in [3.63, 3.8) is 0 Å². The van der Waals surface area contributed by atoms with Crippen molar-refractivity contribution in [2.75, 3.05) is 6.54 Å². The molecule has 0 aliphatic heterocycles. The third kappa shape index (κ3) is 5.50. The Morgan fingerprint density at radius 1 is 1.03 bits per heavy atom. The Labute approximate surface area is 231 Å². The molecule has 0 aromatic rings. The first-order chi connectivity index (χ1) is 15.5. The topological polar surface area (TPSA) is 159 Å². The Morgan fingerprint density at radius 2 is 1.71 bits per heavy atom. The molecule has 4 aliphatic rings. The molecule has 0 saturated heterocycles. The minimum atomic E-state index is -1.04. The number of aliphatic hydroxyl groups excluding tert-OH is 3. The smallest absolute Gasteiger partial charge is 0.322 e. The summed E-state index contributed by atoms with van der Waals surface area (Å²) >= 11 is 0. The molecule has 8 nitrogen and oxygen atoms in total. The van der Waals surface area contributed by atoms with Gasteiger partial charge >= 0.3 is 5.97 Å². The molecule has 35 heavy (non-hydrogen) atoms. The molecule has 0 bridgehead atoms. The second kappa shape index (κ2) is 11.7. The van der Waals surface area contributed by atoms with Crippen LogP contribution >= 0.6 is 0 Å². The largest absolute Gasteiger partial charge is 0.480 e. The van der Waals surface area contributed by atoms with E-state index in [0.717, 1.165) is 38.5 Å². The van der Waals surface area contributed by atoms with E-state index in [4.69, 9.17) is 5.11 Å². The van der Waals surface area contributed by atoms with E-state index in [9.17, 15) is 24.9 Å². The van der Waals surface area contributed by atoms with Crippen molar-refractivity contribution >= 4 is 41.4 Å². The predicted octanol–water partition coefficient (Wildman–Crippen LogP) is 1.36. The number of carboxylic acids is 1. The summed E-state index contributed by atoms with van der Waals surface area (Å²) in [5.41, 5.74) is -0.214. The van der Waals surface area contributed by atoms with Crippen LogP contribution in [0.3, 0.4) is 0 Å². The maximum atomic E-state index is 12.0. The summed E-state index contributed by atoms with van der Waals surface area (Å²) in [5, 5.41) is 44.4. The van der Waals surface area contributed by atoms with Crippen molar-refractivity contribution in [3.8, 4) is 0 Å². The van der Waals surface area contributed by atoms with Gasteiger partial charge in [0.25, 0.3) is 0 Å². The van der Waals surface area contributed by atoms with Gasteiger partial charge in [0, 0.05) is 36.0 Å². The summed E-state index contributed by atoms with van der Waals surface area (Å²) < 4.78 is 0. The number of carbonyl (C=O) groups is 2. The molecule has 0 aromatic heterocycles. The zero-order valence-electron chi connectivity index (χ0n) is 21.9. The third-order valence-corrected chi connectivity index (χ3v) is 10.8. The maximum Gasteiger partial charge on any atom is 0.322 e. The number of carboxylic acid groups (broad SMARTS) is 1. The number of fused-ring (bicyclic) bond motifs is 5. The summed E-state index contributed by atoms with van der Waals surface area (Å²) in [7, 11) is 0. The normalized spacial score (nSPS) is 45.0. The van der Waals surface area contributed by atoms with Crippen molar-refractivity contribution < 1.29 is 35.5 Å². The molecular formula is C26H45NNaO7. The second-order valence-electron chi connectivity index (χ2n) is 12.2. The van der Waals surface area contributed by atoms with Crippen LogP contribution < -0.4 is 5.32 Å². The van der Waals surface area contributed by atoms with Crippen molar-refractivity contribution in [2.24, 2.45) is 46.3 Å². The molecule has 1 radical (unpaired) electrons. The molecule has 197 valence electrons. The van der Waals surface area contributed by atoms with E-state index in [1.165, 1.54) is 0 Å². The van der Waals surface area contributed by atoms with E-state index >= 15 is 0 Å². The van der Waals surface area contributed by atoms with Gasteiger partial charge in [-0.15, -0.1) is 0 Å². The Morgan fingerprint density at radius 3 is 2.37 bits per heavy atom. The van der Waals surface area contributed by atoms with Crippen molar-refractivity contribution in [2.45, 2.75) is 96.9 Å². The van der Waals surface area contributed by atoms with Crippen molar-refractivity contribution in [1.29, 1.82) is 0 Å². The van der Waals surface area contributed by atoms with Gasteiger partial charge in [-0.25, -0.2) is 0 Å². The van der Waals surface area contributed by atoms with Gasteiger partial charge in [-0.2, -0.15) is 0 Å². The fourth-order valence-electron chi connectivity index (χ4n) is 8.95. The van der Waals surface area contributed by atoms with E-state index < -0.39 is 12.1 Å². The van der Waals surface area contributed by atoms with Gasteiger partial charge in [0.2, 0.25) is 5.91 Å². The van der Waals surface area contributed by atoms with Gasteiger partial charge in [0.05, 0.1) is 18.3 Å². The molecule has 11 atom stereocenters. The summed E-state index contributed by atoms with van der Waals surface area (Å²) in [6, 6.07) is 0. The van der Waals surface area contributed by atoms with Gasteiger partial charge in [-0.1, -0.05) is 20.8 Å². The quantitative estimate of drug-likeness (QED) is 0.342. The number of rotatable bonds is 6. The van der Waals surface area contributed by atoms with Gasteiger partial charge in [-0.3, -0.25) is 9.59 Å². The molecule has 7 N–H and O–H groups in total. The standard InChI is InChI=1S/C26H43NO6.Na.H2O/c1-14(4-7-22(31)27-13-23(32)33)17-5-6-18-24-19(12-21(30)26(17,18)3)25(2)9-8-16(28)10-15(25)11-20(24)29;;/h14-21,24,28-30H,4-13H2,1-3H3,(H,27,31)(H,32,33);;1H2/t14-,15+,16-,17-,18+,19+,20-,21+,24+,25+,26-;;/m1../s1. The minimum Gasteiger partial charge on any atom is -0.480 e. The van der Waals surface area contributed by atoms with Gasteiger partial charge in [0.15, 0.2) is 0 Å². The number of hydrogen-bond donors (Lipinski definition) is 5. The fraction of sp³-hybridized carbons (Fsp3) is 0.923. The van der Waals surface area contributed by atoms with Crippen LogP contribution in [0.5, 0.6) is 0 Å². The predicted molar refractivity (Wildman–Crippen MR) is 132 cm³/mol. The molecule has 4 fully saturated rings. The number of hydrogen-bond acceptors (Lipinski definition) is 5. The van der Waals surface area contributed by atoms with Gasteiger partial charge < -0.3 is 31.2 Å². The molecule has 1 amide bonds. The van der Waals surface area contributed by atoms with E-state index in [0.29, 0.717) is 25.2 Å². The van der Waals surface area contributed by atoms with E-state index in [2.05, 4.69) is 26.1 Å². The third-order valence-electron chi connectivity index (χ3n) is 10.8. The zero-order valence-corrected chi connectivity index (χ0v) is 23.9. The van der Waals surface area contributed by atoms with Crippen LogP contribution in [0.25, 0.3) is 0 Å². The molecule has 0 heterocycles. The Kier molecular flexibility index (Phi) is 10.3. The number of aliphatic carboxylic acids is 1. The Hall–Kier alpha value is -0.220. The van der Waals surface area contributed by atoms with Crippen LogP contribution in [0.1, 0.15) is 78.6 Å². The monoisotopic (exact) mass is 506 g/mol. The molecular weight excluding hydrogens is 461 g/mol.